The van der Waals surface area contributed by atoms with Crippen molar-refractivity contribution in [3.05, 3.63) is 71.3 Å². The third-order valence-electron chi connectivity index (χ3n) is 5.99. The number of nitrogens with one attached hydrogen (secondary N) is 1. The molecule has 2 aromatic carbocycles. The number of hydrogen-bond donors (Lipinski definition) is 1. The number of aryl methyl sites for hydroxylation is 1. The Kier molecular flexibility index (Phi) is 5.07. The number of benzene rings is 2. The van der Waals surface area contributed by atoms with E-state index in [1.807, 2.05) is 30.3 Å². The highest BCUT2D eigenvalue weighted by atomic mass is 16.5. The standard InChI is InChI=1S/C23H27NO2/c1-2-16-8-10-18(11-9-16)20-14-19-12-13-21(24-19)22(20)23(25)26-15-17-6-4-3-5-7-17/h3-11,19-22,24H,2,12-15H2,1H3. The molecule has 3 nitrogen and oxygen atoms in total. The van der Waals surface area contributed by atoms with Crippen LogP contribution in [0, 0.1) is 5.92 Å². The summed E-state index contributed by atoms with van der Waals surface area (Å²) in [5.41, 5.74) is 3.66. The van der Waals surface area contributed by atoms with E-state index in [0.717, 1.165) is 31.2 Å². The maximum atomic E-state index is 13.0. The summed E-state index contributed by atoms with van der Waals surface area (Å²) in [6.45, 7) is 2.53. The van der Waals surface area contributed by atoms with Gasteiger partial charge in [0.25, 0.3) is 0 Å². The molecule has 0 radical (unpaired) electrons. The fourth-order valence-electron chi connectivity index (χ4n) is 4.55. The third-order valence-corrected chi connectivity index (χ3v) is 5.99. The molecule has 136 valence electrons. The minimum absolute atomic E-state index is 0.0590. The van der Waals surface area contributed by atoms with Gasteiger partial charge in [0.2, 0.25) is 0 Å². The lowest BCUT2D eigenvalue weighted by atomic mass is 9.77. The maximum absolute atomic E-state index is 13.0. The summed E-state index contributed by atoms with van der Waals surface area (Å²) < 4.78 is 5.74. The third kappa shape index (κ3) is 3.54. The number of fused-ring (bicyclic) bond motifs is 2. The van der Waals surface area contributed by atoms with Gasteiger partial charge in [-0.15, -0.1) is 0 Å². The van der Waals surface area contributed by atoms with Crippen LogP contribution in [0.15, 0.2) is 54.6 Å². The van der Waals surface area contributed by atoms with Crippen LogP contribution in [-0.4, -0.2) is 18.1 Å². The van der Waals surface area contributed by atoms with Gasteiger partial charge < -0.3 is 10.1 Å². The van der Waals surface area contributed by atoms with Crippen LogP contribution in [0.5, 0.6) is 0 Å². The lowest BCUT2D eigenvalue weighted by Crippen LogP contribution is -2.48. The summed E-state index contributed by atoms with van der Waals surface area (Å²) in [4.78, 5) is 13.0. The molecule has 4 rings (SSSR count). The Balaban J connectivity index is 1.52. The first-order chi connectivity index (χ1) is 12.7. The summed E-state index contributed by atoms with van der Waals surface area (Å²) in [6, 6.07) is 19.5. The van der Waals surface area contributed by atoms with Crippen molar-refractivity contribution in [2.75, 3.05) is 0 Å². The van der Waals surface area contributed by atoms with Crippen molar-refractivity contribution in [1.82, 2.24) is 5.32 Å². The molecule has 4 unspecified atom stereocenters. The van der Waals surface area contributed by atoms with Crippen molar-refractivity contribution in [2.45, 2.75) is 57.2 Å². The van der Waals surface area contributed by atoms with Crippen LogP contribution >= 0.6 is 0 Å². The first-order valence-corrected chi connectivity index (χ1v) is 9.80. The van der Waals surface area contributed by atoms with Crippen LogP contribution < -0.4 is 5.32 Å². The average molecular weight is 349 g/mol. The predicted molar refractivity (Wildman–Crippen MR) is 103 cm³/mol. The number of esters is 1. The molecule has 0 aliphatic carbocycles. The van der Waals surface area contributed by atoms with Gasteiger partial charge in [-0.1, -0.05) is 61.5 Å². The molecule has 2 bridgehead atoms. The molecule has 3 heteroatoms. The quantitative estimate of drug-likeness (QED) is 0.822. The van der Waals surface area contributed by atoms with Crippen molar-refractivity contribution in [3.63, 3.8) is 0 Å². The van der Waals surface area contributed by atoms with Gasteiger partial charge in [0.1, 0.15) is 6.61 Å². The first kappa shape index (κ1) is 17.3. The predicted octanol–water partition coefficient (Wildman–Crippen LogP) is 4.22. The SMILES string of the molecule is CCc1ccc(C2CC3CCC(N3)C2C(=O)OCc2ccccc2)cc1. The minimum atomic E-state index is -0.0926. The van der Waals surface area contributed by atoms with Gasteiger partial charge in [0.15, 0.2) is 0 Å². The summed E-state index contributed by atoms with van der Waals surface area (Å²) in [6.07, 6.45) is 4.30. The molecule has 26 heavy (non-hydrogen) atoms. The second kappa shape index (κ2) is 7.63. The van der Waals surface area contributed by atoms with E-state index in [1.165, 1.54) is 11.1 Å². The summed E-state index contributed by atoms with van der Waals surface area (Å²) >= 11 is 0. The number of ether oxygens (including phenoxy) is 1. The summed E-state index contributed by atoms with van der Waals surface area (Å²) in [7, 11) is 0. The monoisotopic (exact) mass is 349 g/mol. The molecule has 0 spiro atoms. The van der Waals surface area contributed by atoms with Crippen molar-refractivity contribution in [1.29, 1.82) is 0 Å². The zero-order valence-corrected chi connectivity index (χ0v) is 15.4. The van der Waals surface area contributed by atoms with E-state index in [0.29, 0.717) is 12.6 Å². The molecule has 2 aliphatic heterocycles. The molecule has 2 saturated heterocycles. The van der Waals surface area contributed by atoms with Gasteiger partial charge >= 0.3 is 5.97 Å². The lowest BCUT2D eigenvalue weighted by Gasteiger charge is -2.36. The molecular formula is C23H27NO2. The van der Waals surface area contributed by atoms with Crippen LogP contribution in [0.4, 0.5) is 0 Å². The largest absolute Gasteiger partial charge is 0.461 e. The minimum Gasteiger partial charge on any atom is -0.461 e. The lowest BCUT2D eigenvalue weighted by molar-refractivity contribution is -0.152. The second-order valence-corrected chi connectivity index (χ2v) is 7.60. The Morgan fingerprint density at radius 3 is 2.54 bits per heavy atom. The highest BCUT2D eigenvalue weighted by molar-refractivity contribution is 5.75. The van der Waals surface area contributed by atoms with Crippen LogP contribution in [-0.2, 0) is 22.6 Å². The fraction of sp³-hybridized carbons (Fsp3) is 0.435. The molecule has 1 N–H and O–H groups in total. The molecule has 4 atom stereocenters. The van der Waals surface area contributed by atoms with Crippen molar-refractivity contribution in [3.8, 4) is 0 Å². The zero-order chi connectivity index (χ0) is 17.9. The van der Waals surface area contributed by atoms with Gasteiger partial charge in [0, 0.05) is 18.0 Å². The van der Waals surface area contributed by atoms with E-state index >= 15 is 0 Å². The number of carbonyl (C=O) groups excluding carboxylic acids is 1. The Morgan fingerprint density at radius 1 is 1.04 bits per heavy atom. The van der Waals surface area contributed by atoms with Gasteiger partial charge in [-0.2, -0.15) is 0 Å². The van der Waals surface area contributed by atoms with E-state index < -0.39 is 0 Å². The van der Waals surface area contributed by atoms with Crippen molar-refractivity contribution >= 4 is 5.97 Å². The van der Waals surface area contributed by atoms with E-state index in [1.54, 1.807) is 0 Å². The molecule has 2 heterocycles. The first-order valence-electron chi connectivity index (χ1n) is 9.80. The highest BCUT2D eigenvalue weighted by Gasteiger charge is 2.46. The van der Waals surface area contributed by atoms with Crippen LogP contribution in [0.3, 0.4) is 0 Å². The van der Waals surface area contributed by atoms with Gasteiger partial charge in [0.05, 0.1) is 5.92 Å². The maximum Gasteiger partial charge on any atom is 0.311 e. The van der Waals surface area contributed by atoms with Gasteiger partial charge in [-0.25, -0.2) is 0 Å². The summed E-state index contributed by atoms with van der Waals surface area (Å²) in [5.74, 6) is 0.101. The second-order valence-electron chi connectivity index (χ2n) is 7.60. The topological polar surface area (TPSA) is 38.3 Å². The number of piperidine rings is 1. The molecular weight excluding hydrogens is 322 g/mol. The van der Waals surface area contributed by atoms with E-state index in [4.69, 9.17) is 4.74 Å². The molecule has 0 aromatic heterocycles. The van der Waals surface area contributed by atoms with Crippen molar-refractivity contribution in [2.24, 2.45) is 5.92 Å². The summed E-state index contributed by atoms with van der Waals surface area (Å²) in [5, 5.41) is 3.64. The van der Waals surface area contributed by atoms with E-state index in [9.17, 15) is 4.79 Å². The smallest absolute Gasteiger partial charge is 0.311 e. The van der Waals surface area contributed by atoms with Gasteiger partial charge in [-0.3, -0.25) is 4.79 Å². The Hall–Kier alpha value is -2.13. The average Bonchev–Trinajstić information content (AvgIpc) is 3.07. The fourth-order valence-corrected chi connectivity index (χ4v) is 4.55. The molecule has 2 fully saturated rings. The Morgan fingerprint density at radius 2 is 1.81 bits per heavy atom. The number of carbonyl (C=O) groups is 1. The molecule has 0 saturated carbocycles. The zero-order valence-electron chi connectivity index (χ0n) is 15.4. The number of hydrogen-bond acceptors (Lipinski definition) is 3. The molecule has 2 aliphatic rings. The molecule has 2 aromatic rings. The van der Waals surface area contributed by atoms with Gasteiger partial charge in [-0.05, 0) is 42.4 Å². The number of rotatable bonds is 5. The Bertz CT molecular complexity index is 741. The molecule has 0 amide bonds. The van der Waals surface area contributed by atoms with Crippen molar-refractivity contribution < 1.29 is 9.53 Å². The van der Waals surface area contributed by atoms with Crippen LogP contribution in [0.2, 0.25) is 0 Å². The van der Waals surface area contributed by atoms with E-state index in [2.05, 4.69) is 36.5 Å². The normalized spacial score (nSPS) is 27.3. The van der Waals surface area contributed by atoms with Crippen LogP contribution in [0.25, 0.3) is 0 Å². The van der Waals surface area contributed by atoms with E-state index in [-0.39, 0.29) is 23.8 Å². The Labute approximate surface area is 155 Å². The van der Waals surface area contributed by atoms with Crippen LogP contribution in [0.1, 0.15) is 48.8 Å². The highest BCUT2D eigenvalue weighted by Crippen LogP contribution is 2.42.